The number of aryl methyl sites for hydroxylation is 1. The molecule has 2 aliphatic heterocycles. The Kier molecular flexibility index (Phi) is 7.47. The number of nitrogens with zero attached hydrogens (tertiary/aromatic N) is 3. The Labute approximate surface area is 203 Å². The van der Waals surface area contributed by atoms with E-state index >= 15 is 0 Å². The molecule has 0 aliphatic carbocycles. The first-order valence-electron chi connectivity index (χ1n) is 11.8. The Morgan fingerprint density at radius 1 is 1.26 bits per heavy atom. The number of ether oxygens (including phenoxy) is 1. The summed E-state index contributed by atoms with van der Waals surface area (Å²) >= 11 is 1.19. The largest absolute Gasteiger partial charge is 0.470 e. The van der Waals surface area contributed by atoms with Crippen LogP contribution in [0.5, 0.6) is 5.19 Å². The van der Waals surface area contributed by atoms with Crippen molar-refractivity contribution >= 4 is 29.1 Å². The summed E-state index contributed by atoms with van der Waals surface area (Å²) in [5.41, 5.74) is 2.47. The standard InChI is InChI=1S/C24H31N5O4S/c1-4-16(13-25-22(31)20-15(3)26-24(34-20)33-5-2)21(30)27-19-18-10-7-6-9-17(18)14-28-11-8-12-29(28)23(19)32/h6-7,9-10,16,19H,4-5,8,11-14H2,1-3H3,(H,25,31)(H,27,30)/t16-,19+/m1/s1. The zero-order chi connectivity index (χ0) is 24.2. The van der Waals surface area contributed by atoms with E-state index in [4.69, 9.17) is 4.74 Å². The Bertz CT molecular complexity index is 1070. The van der Waals surface area contributed by atoms with Gasteiger partial charge in [0.1, 0.15) is 10.9 Å². The molecule has 1 aromatic carbocycles. The summed E-state index contributed by atoms with van der Waals surface area (Å²) in [5.74, 6) is -1.12. The third kappa shape index (κ3) is 4.92. The van der Waals surface area contributed by atoms with Crippen molar-refractivity contribution in [1.82, 2.24) is 25.6 Å². The molecule has 0 spiro atoms. The van der Waals surface area contributed by atoms with Crippen molar-refractivity contribution in [1.29, 1.82) is 0 Å². The molecule has 1 saturated heterocycles. The van der Waals surface area contributed by atoms with Crippen molar-refractivity contribution in [2.24, 2.45) is 5.92 Å². The van der Waals surface area contributed by atoms with Gasteiger partial charge in [-0.25, -0.2) is 9.99 Å². The van der Waals surface area contributed by atoms with Crippen LogP contribution in [0.1, 0.15) is 59.2 Å². The molecule has 1 aromatic heterocycles. The topological polar surface area (TPSA) is 104 Å². The number of carbonyl (C=O) groups is 3. The van der Waals surface area contributed by atoms with Crippen LogP contribution in [0.3, 0.4) is 0 Å². The molecule has 0 radical (unpaired) electrons. The molecule has 2 N–H and O–H groups in total. The Hall–Kier alpha value is -2.98. The normalized spacial score (nSPS) is 18.6. The van der Waals surface area contributed by atoms with Crippen LogP contribution < -0.4 is 15.4 Å². The Morgan fingerprint density at radius 2 is 2.06 bits per heavy atom. The predicted octanol–water partition coefficient (Wildman–Crippen LogP) is 2.43. The lowest BCUT2D eigenvalue weighted by molar-refractivity contribution is -0.148. The van der Waals surface area contributed by atoms with Gasteiger partial charge in [0.15, 0.2) is 0 Å². The van der Waals surface area contributed by atoms with Gasteiger partial charge in [0.25, 0.3) is 17.0 Å². The molecule has 4 rings (SSSR count). The van der Waals surface area contributed by atoms with Gasteiger partial charge in [-0.2, -0.15) is 0 Å². The van der Waals surface area contributed by atoms with Crippen molar-refractivity contribution in [3.63, 3.8) is 0 Å². The summed E-state index contributed by atoms with van der Waals surface area (Å²) in [6, 6.07) is 7.02. The van der Waals surface area contributed by atoms with E-state index in [1.54, 1.807) is 11.9 Å². The van der Waals surface area contributed by atoms with Crippen LogP contribution >= 0.6 is 11.3 Å². The number of amides is 3. The van der Waals surface area contributed by atoms with Gasteiger partial charge in [-0.05, 0) is 37.8 Å². The zero-order valence-electron chi connectivity index (χ0n) is 19.8. The number of benzene rings is 1. The van der Waals surface area contributed by atoms with Gasteiger partial charge in [0.05, 0.1) is 18.2 Å². The second-order valence-electron chi connectivity index (χ2n) is 8.49. The van der Waals surface area contributed by atoms with E-state index < -0.39 is 12.0 Å². The smallest absolute Gasteiger partial charge is 0.274 e. The van der Waals surface area contributed by atoms with Crippen LogP contribution in [0.2, 0.25) is 0 Å². The maximum absolute atomic E-state index is 13.4. The number of hydrazine groups is 1. The van der Waals surface area contributed by atoms with Crippen LogP contribution in [0, 0.1) is 12.8 Å². The summed E-state index contributed by atoms with van der Waals surface area (Å²) in [7, 11) is 0. The number of thiazole rings is 1. The highest BCUT2D eigenvalue weighted by Gasteiger charge is 2.38. The van der Waals surface area contributed by atoms with E-state index in [2.05, 4.69) is 20.6 Å². The molecule has 182 valence electrons. The molecule has 0 bridgehead atoms. The molecular weight excluding hydrogens is 454 g/mol. The molecule has 3 amide bonds. The number of carbonyl (C=O) groups excluding carboxylic acids is 3. The Morgan fingerprint density at radius 3 is 2.82 bits per heavy atom. The van der Waals surface area contributed by atoms with Gasteiger partial charge in [-0.1, -0.05) is 42.5 Å². The van der Waals surface area contributed by atoms with Crippen molar-refractivity contribution in [3.8, 4) is 5.19 Å². The number of nitrogens with one attached hydrogen (secondary N) is 2. The summed E-state index contributed by atoms with van der Waals surface area (Å²) < 4.78 is 5.39. The highest BCUT2D eigenvalue weighted by Crippen LogP contribution is 2.30. The van der Waals surface area contributed by atoms with Crippen molar-refractivity contribution in [2.45, 2.75) is 46.2 Å². The molecule has 1 fully saturated rings. The van der Waals surface area contributed by atoms with Gasteiger partial charge in [-0.15, -0.1) is 0 Å². The summed E-state index contributed by atoms with van der Waals surface area (Å²) in [4.78, 5) is 44.0. The third-order valence-electron chi connectivity index (χ3n) is 6.26. The second-order valence-corrected chi connectivity index (χ2v) is 9.45. The molecule has 10 heteroatoms. The molecule has 2 aliphatic rings. The fourth-order valence-corrected chi connectivity index (χ4v) is 5.30. The lowest BCUT2D eigenvalue weighted by Gasteiger charge is -2.28. The lowest BCUT2D eigenvalue weighted by Crippen LogP contribution is -2.47. The van der Waals surface area contributed by atoms with Crippen LogP contribution in [0.25, 0.3) is 0 Å². The quantitative estimate of drug-likeness (QED) is 0.595. The number of hydrogen-bond donors (Lipinski definition) is 2. The summed E-state index contributed by atoms with van der Waals surface area (Å²) in [5, 5.41) is 10.1. The minimum absolute atomic E-state index is 0.113. The van der Waals surface area contributed by atoms with E-state index in [-0.39, 0.29) is 24.3 Å². The number of rotatable bonds is 8. The molecule has 3 heterocycles. The minimum Gasteiger partial charge on any atom is -0.470 e. The number of hydrogen-bond acceptors (Lipinski definition) is 7. The molecule has 9 nitrogen and oxygen atoms in total. The fraction of sp³-hybridized carbons (Fsp3) is 0.500. The fourth-order valence-electron chi connectivity index (χ4n) is 4.40. The summed E-state index contributed by atoms with van der Waals surface area (Å²) in [6.07, 6.45) is 1.44. The molecule has 2 aromatic rings. The third-order valence-corrected chi connectivity index (χ3v) is 7.33. The van der Waals surface area contributed by atoms with E-state index in [0.717, 1.165) is 24.1 Å². The van der Waals surface area contributed by atoms with Gasteiger partial charge in [0, 0.05) is 26.2 Å². The van der Waals surface area contributed by atoms with Crippen LogP contribution in [-0.4, -0.2) is 59.0 Å². The second kappa shape index (κ2) is 10.5. The predicted molar refractivity (Wildman–Crippen MR) is 128 cm³/mol. The molecule has 0 saturated carbocycles. The van der Waals surface area contributed by atoms with E-state index in [0.29, 0.717) is 41.9 Å². The van der Waals surface area contributed by atoms with Gasteiger partial charge in [-0.3, -0.25) is 19.4 Å². The first-order chi connectivity index (χ1) is 16.4. The van der Waals surface area contributed by atoms with Crippen molar-refractivity contribution in [2.75, 3.05) is 26.2 Å². The van der Waals surface area contributed by atoms with Crippen LogP contribution in [0.15, 0.2) is 24.3 Å². The molecule has 34 heavy (non-hydrogen) atoms. The zero-order valence-corrected chi connectivity index (χ0v) is 20.6. The SMILES string of the molecule is CCOc1nc(C)c(C(=O)NC[C@@H](CC)C(=O)N[C@@H]2C(=O)N3CCCN3Cc3ccccc32)s1. The molecule has 2 atom stereocenters. The van der Waals surface area contributed by atoms with Crippen LogP contribution in [-0.2, 0) is 16.1 Å². The summed E-state index contributed by atoms with van der Waals surface area (Å²) in [6.45, 7) is 8.29. The minimum atomic E-state index is -0.742. The van der Waals surface area contributed by atoms with Gasteiger partial charge >= 0.3 is 0 Å². The first-order valence-corrected chi connectivity index (χ1v) is 12.6. The Balaban J connectivity index is 1.45. The van der Waals surface area contributed by atoms with E-state index in [9.17, 15) is 14.4 Å². The van der Waals surface area contributed by atoms with Gasteiger partial charge in [0.2, 0.25) is 5.91 Å². The van der Waals surface area contributed by atoms with Crippen LogP contribution in [0.4, 0.5) is 0 Å². The average molecular weight is 486 g/mol. The van der Waals surface area contributed by atoms with E-state index in [1.807, 2.05) is 38.1 Å². The first kappa shape index (κ1) is 24.2. The highest BCUT2D eigenvalue weighted by atomic mass is 32.1. The van der Waals surface area contributed by atoms with Crippen molar-refractivity contribution in [3.05, 3.63) is 46.0 Å². The molecule has 0 unspecified atom stereocenters. The van der Waals surface area contributed by atoms with E-state index in [1.165, 1.54) is 11.3 Å². The maximum Gasteiger partial charge on any atom is 0.274 e. The number of aromatic nitrogens is 1. The average Bonchev–Trinajstić information content (AvgIpc) is 3.41. The van der Waals surface area contributed by atoms with Gasteiger partial charge < -0.3 is 15.4 Å². The lowest BCUT2D eigenvalue weighted by atomic mass is 9.98. The highest BCUT2D eigenvalue weighted by molar-refractivity contribution is 7.15. The number of fused-ring (bicyclic) bond motifs is 2. The molecular formula is C24H31N5O4S. The maximum atomic E-state index is 13.4. The monoisotopic (exact) mass is 485 g/mol. The van der Waals surface area contributed by atoms with Crippen molar-refractivity contribution < 1.29 is 19.1 Å².